The third-order valence-electron chi connectivity index (χ3n) is 3.29. The summed E-state index contributed by atoms with van der Waals surface area (Å²) in [4.78, 5) is 0. The van der Waals surface area contributed by atoms with Gasteiger partial charge in [-0.05, 0) is 43.4 Å². The molecular formula is C15H28N2O. The highest BCUT2D eigenvalue weighted by molar-refractivity contribution is 5.09. The minimum Gasteiger partial charge on any atom is -0.396 e. The van der Waals surface area contributed by atoms with Gasteiger partial charge in [0.05, 0.1) is 0 Å². The van der Waals surface area contributed by atoms with Crippen molar-refractivity contribution in [3.63, 3.8) is 0 Å². The molecule has 1 aromatic heterocycles. The van der Waals surface area contributed by atoms with E-state index in [1.165, 1.54) is 24.8 Å². The molecule has 1 atom stereocenters. The van der Waals surface area contributed by atoms with Gasteiger partial charge in [0.1, 0.15) is 0 Å². The smallest absolute Gasteiger partial charge is 0.0434 e. The molecule has 1 heterocycles. The van der Waals surface area contributed by atoms with Gasteiger partial charge in [-0.3, -0.25) is 0 Å². The molecule has 0 aliphatic carbocycles. The van der Waals surface area contributed by atoms with Crippen molar-refractivity contribution in [2.45, 2.75) is 52.6 Å². The number of hydrogen-bond donors (Lipinski definition) is 2. The Hall–Kier alpha value is -0.800. The van der Waals surface area contributed by atoms with Crippen LogP contribution in [0.15, 0.2) is 18.5 Å². The van der Waals surface area contributed by atoms with E-state index in [1.807, 2.05) is 0 Å². The van der Waals surface area contributed by atoms with Crippen molar-refractivity contribution in [3.8, 4) is 0 Å². The lowest BCUT2D eigenvalue weighted by Gasteiger charge is -2.15. The molecule has 104 valence electrons. The lowest BCUT2D eigenvalue weighted by Crippen LogP contribution is -2.23. The number of hydrogen-bond acceptors (Lipinski definition) is 2. The van der Waals surface area contributed by atoms with Crippen LogP contribution in [0.3, 0.4) is 0 Å². The van der Waals surface area contributed by atoms with Crippen LogP contribution in [-0.2, 0) is 13.1 Å². The third-order valence-corrected chi connectivity index (χ3v) is 3.29. The number of nitrogens with one attached hydrogen (secondary N) is 1. The average molecular weight is 252 g/mol. The number of aryl methyl sites for hydroxylation is 1. The van der Waals surface area contributed by atoms with Crippen LogP contribution in [0.1, 0.15) is 45.1 Å². The first-order chi connectivity index (χ1) is 8.80. The largest absolute Gasteiger partial charge is 0.396 e. The first-order valence-corrected chi connectivity index (χ1v) is 7.26. The fraction of sp³-hybridized carbons (Fsp3) is 0.733. The summed E-state index contributed by atoms with van der Waals surface area (Å²) >= 11 is 0. The fourth-order valence-corrected chi connectivity index (χ4v) is 2.35. The van der Waals surface area contributed by atoms with Gasteiger partial charge >= 0.3 is 0 Å². The van der Waals surface area contributed by atoms with Crippen molar-refractivity contribution in [2.24, 2.45) is 5.92 Å². The monoisotopic (exact) mass is 252 g/mol. The van der Waals surface area contributed by atoms with Gasteiger partial charge in [-0.2, -0.15) is 0 Å². The Kier molecular flexibility index (Phi) is 7.78. The van der Waals surface area contributed by atoms with Crippen LogP contribution in [0.2, 0.25) is 0 Å². The molecule has 0 radical (unpaired) electrons. The summed E-state index contributed by atoms with van der Waals surface area (Å²) in [5.41, 5.74) is 1.35. The maximum Gasteiger partial charge on any atom is 0.0434 e. The van der Waals surface area contributed by atoms with E-state index < -0.39 is 0 Å². The molecule has 1 unspecified atom stereocenters. The van der Waals surface area contributed by atoms with Crippen LogP contribution < -0.4 is 5.32 Å². The highest BCUT2D eigenvalue weighted by Crippen LogP contribution is 2.10. The maximum atomic E-state index is 9.01. The Bertz CT molecular complexity index is 303. The number of aliphatic hydroxyl groups excluding tert-OH is 1. The van der Waals surface area contributed by atoms with Gasteiger partial charge in [0.15, 0.2) is 0 Å². The summed E-state index contributed by atoms with van der Waals surface area (Å²) in [5.74, 6) is 0.609. The molecule has 2 N–H and O–H groups in total. The zero-order chi connectivity index (χ0) is 13.2. The van der Waals surface area contributed by atoms with Crippen LogP contribution in [0.25, 0.3) is 0 Å². The minimum absolute atomic E-state index is 0.305. The predicted octanol–water partition coefficient (Wildman–Crippen LogP) is 2.79. The molecule has 18 heavy (non-hydrogen) atoms. The second-order valence-corrected chi connectivity index (χ2v) is 5.06. The summed E-state index contributed by atoms with van der Waals surface area (Å²) < 4.78 is 2.24. The first kappa shape index (κ1) is 15.3. The molecule has 3 heteroatoms. The Morgan fingerprint density at radius 2 is 2.11 bits per heavy atom. The van der Waals surface area contributed by atoms with Crippen LogP contribution in [0.5, 0.6) is 0 Å². The molecule has 0 fully saturated rings. The van der Waals surface area contributed by atoms with Crippen molar-refractivity contribution >= 4 is 0 Å². The normalized spacial score (nSPS) is 12.8. The Labute approximate surface area is 111 Å². The SMILES string of the molecule is CCCC(CCO)CNCc1ccn(CCC)c1. The molecule has 0 aliphatic rings. The molecule has 3 nitrogen and oxygen atoms in total. The molecule has 0 aromatic carbocycles. The van der Waals surface area contributed by atoms with Gasteiger partial charge in [-0.25, -0.2) is 0 Å². The molecular weight excluding hydrogens is 224 g/mol. The zero-order valence-electron chi connectivity index (χ0n) is 11.9. The molecule has 1 rings (SSSR count). The van der Waals surface area contributed by atoms with Crippen molar-refractivity contribution in [2.75, 3.05) is 13.2 Å². The number of aromatic nitrogens is 1. The second kappa shape index (κ2) is 9.17. The summed E-state index contributed by atoms with van der Waals surface area (Å²) in [6.45, 7) is 7.75. The number of aliphatic hydroxyl groups is 1. The Balaban J connectivity index is 2.25. The molecule has 0 aliphatic heterocycles. The van der Waals surface area contributed by atoms with Gasteiger partial charge in [-0.1, -0.05) is 20.3 Å². The van der Waals surface area contributed by atoms with Gasteiger partial charge in [0.25, 0.3) is 0 Å². The standard InChI is InChI=1S/C15H28N2O/c1-3-5-14(7-10-18)11-16-12-15-6-9-17(13-15)8-4-2/h6,9,13-14,16,18H,3-5,7-8,10-12H2,1-2H3. The van der Waals surface area contributed by atoms with E-state index in [4.69, 9.17) is 5.11 Å². The molecule has 0 saturated carbocycles. The van der Waals surface area contributed by atoms with Gasteiger partial charge in [0.2, 0.25) is 0 Å². The molecule has 0 bridgehead atoms. The molecule has 0 amide bonds. The van der Waals surface area contributed by atoms with Crippen LogP contribution >= 0.6 is 0 Å². The lowest BCUT2D eigenvalue weighted by atomic mass is 10.0. The highest BCUT2D eigenvalue weighted by Gasteiger charge is 2.06. The average Bonchev–Trinajstić information content (AvgIpc) is 2.78. The van der Waals surface area contributed by atoms with E-state index in [2.05, 4.69) is 42.2 Å². The van der Waals surface area contributed by atoms with E-state index in [0.29, 0.717) is 12.5 Å². The van der Waals surface area contributed by atoms with Crippen molar-refractivity contribution in [1.82, 2.24) is 9.88 Å². The summed E-state index contributed by atoms with van der Waals surface area (Å²) in [6, 6.07) is 2.18. The van der Waals surface area contributed by atoms with E-state index in [1.54, 1.807) is 0 Å². The predicted molar refractivity (Wildman–Crippen MR) is 76.5 cm³/mol. The van der Waals surface area contributed by atoms with Crippen molar-refractivity contribution < 1.29 is 5.11 Å². The van der Waals surface area contributed by atoms with Crippen LogP contribution in [-0.4, -0.2) is 22.8 Å². The zero-order valence-corrected chi connectivity index (χ0v) is 11.9. The highest BCUT2D eigenvalue weighted by atomic mass is 16.3. The quantitative estimate of drug-likeness (QED) is 0.672. The van der Waals surface area contributed by atoms with Gasteiger partial charge < -0.3 is 15.0 Å². The summed E-state index contributed by atoms with van der Waals surface area (Å²) in [5, 5.41) is 12.5. The Morgan fingerprint density at radius 1 is 1.28 bits per heavy atom. The van der Waals surface area contributed by atoms with Crippen molar-refractivity contribution in [1.29, 1.82) is 0 Å². The van der Waals surface area contributed by atoms with Gasteiger partial charge in [-0.15, -0.1) is 0 Å². The number of rotatable bonds is 10. The van der Waals surface area contributed by atoms with E-state index in [-0.39, 0.29) is 0 Å². The van der Waals surface area contributed by atoms with Crippen LogP contribution in [0.4, 0.5) is 0 Å². The lowest BCUT2D eigenvalue weighted by molar-refractivity contribution is 0.248. The van der Waals surface area contributed by atoms with E-state index in [9.17, 15) is 0 Å². The van der Waals surface area contributed by atoms with Crippen LogP contribution in [0, 0.1) is 5.92 Å². The fourth-order valence-electron chi connectivity index (χ4n) is 2.35. The number of nitrogens with zero attached hydrogens (tertiary/aromatic N) is 1. The van der Waals surface area contributed by atoms with Crippen molar-refractivity contribution in [3.05, 3.63) is 24.0 Å². The molecule has 0 spiro atoms. The molecule has 1 aromatic rings. The molecule has 0 saturated heterocycles. The van der Waals surface area contributed by atoms with E-state index in [0.717, 1.165) is 26.1 Å². The maximum absolute atomic E-state index is 9.01. The summed E-state index contributed by atoms with van der Waals surface area (Å²) in [6.07, 6.45) is 8.85. The first-order valence-electron chi connectivity index (χ1n) is 7.26. The van der Waals surface area contributed by atoms with E-state index >= 15 is 0 Å². The summed E-state index contributed by atoms with van der Waals surface area (Å²) in [7, 11) is 0. The van der Waals surface area contributed by atoms with Gasteiger partial charge in [0, 0.05) is 32.1 Å². The third kappa shape index (κ3) is 5.69. The minimum atomic E-state index is 0.305. The topological polar surface area (TPSA) is 37.2 Å². The Morgan fingerprint density at radius 3 is 2.78 bits per heavy atom. The second-order valence-electron chi connectivity index (χ2n) is 5.06.